The molecule has 0 aliphatic heterocycles. The molecule has 0 fully saturated rings. The van der Waals surface area contributed by atoms with Crippen LogP contribution in [0, 0.1) is 5.82 Å². The maximum Gasteiger partial charge on any atom is 0.234 e. The zero-order valence-corrected chi connectivity index (χ0v) is 18.5. The van der Waals surface area contributed by atoms with Gasteiger partial charge in [0.15, 0.2) is 11.0 Å². The van der Waals surface area contributed by atoms with E-state index in [0.29, 0.717) is 16.7 Å². The molecule has 4 rings (SSSR count). The number of carbonyl (C=O) groups excluding carboxylic acids is 1. The SMILES string of the molecule is CN(C)c1cccc(-c2nnc(SCC(=O)Nc3ccc(F)cc3)n2-c2ccccc2)c1. The van der Waals surface area contributed by atoms with Crippen LogP contribution in [0.4, 0.5) is 15.8 Å². The second kappa shape index (κ2) is 9.65. The van der Waals surface area contributed by atoms with Crippen LogP contribution in [0.25, 0.3) is 17.1 Å². The molecule has 32 heavy (non-hydrogen) atoms. The molecule has 0 aliphatic carbocycles. The normalized spacial score (nSPS) is 10.7. The Balaban J connectivity index is 1.60. The van der Waals surface area contributed by atoms with Crippen molar-refractivity contribution < 1.29 is 9.18 Å². The Bertz CT molecular complexity index is 1210. The largest absolute Gasteiger partial charge is 0.378 e. The molecule has 0 atom stereocenters. The van der Waals surface area contributed by atoms with Gasteiger partial charge in [-0.3, -0.25) is 9.36 Å². The summed E-state index contributed by atoms with van der Waals surface area (Å²) >= 11 is 1.29. The van der Waals surface area contributed by atoms with Gasteiger partial charge in [-0.05, 0) is 48.5 Å². The number of hydrogen-bond donors (Lipinski definition) is 1. The molecule has 1 aromatic heterocycles. The van der Waals surface area contributed by atoms with Crippen LogP contribution in [0.15, 0.2) is 84.0 Å². The summed E-state index contributed by atoms with van der Waals surface area (Å²) in [6.07, 6.45) is 0. The molecule has 1 N–H and O–H groups in total. The van der Waals surface area contributed by atoms with Gasteiger partial charge in [-0.2, -0.15) is 0 Å². The van der Waals surface area contributed by atoms with Crippen LogP contribution in [-0.2, 0) is 4.79 Å². The third kappa shape index (κ3) is 4.97. The number of thioether (sulfide) groups is 1. The molecular weight excluding hydrogens is 425 g/mol. The van der Waals surface area contributed by atoms with Gasteiger partial charge in [0.2, 0.25) is 5.91 Å². The minimum atomic E-state index is -0.348. The van der Waals surface area contributed by atoms with Crippen LogP contribution in [0.2, 0.25) is 0 Å². The molecule has 0 unspecified atom stereocenters. The number of benzene rings is 3. The van der Waals surface area contributed by atoms with Crippen molar-refractivity contribution in [2.24, 2.45) is 0 Å². The van der Waals surface area contributed by atoms with E-state index in [2.05, 4.69) is 21.6 Å². The smallest absolute Gasteiger partial charge is 0.234 e. The van der Waals surface area contributed by atoms with E-state index in [1.807, 2.05) is 72.1 Å². The molecule has 1 heterocycles. The second-order valence-electron chi connectivity index (χ2n) is 7.27. The van der Waals surface area contributed by atoms with Crippen LogP contribution in [0.5, 0.6) is 0 Å². The van der Waals surface area contributed by atoms with Crippen LogP contribution >= 0.6 is 11.8 Å². The number of halogens is 1. The Hall–Kier alpha value is -3.65. The number of hydrogen-bond acceptors (Lipinski definition) is 5. The van der Waals surface area contributed by atoms with Crippen LogP contribution < -0.4 is 10.2 Å². The first-order chi connectivity index (χ1) is 15.5. The lowest BCUT2D eigenvalue weighted by molar-refractivity contribution is -0.113. The molecule has 0 radical (unpaired) electrons. The Kier molecular flexibility index (Phi) is 6.51. The first kappa shape index (κ1) is 21.6. The monoisotopic (exact) mass is 447 g/mol. The summed E-state index contributed by atoms with van der Waals surface area (Å²) in [7, 11) is 3.98. The number of carbonyl (C=O) groups is 1. The van der Waals surface area contributed by atoms with Gasteiger partial charge < -0.3 is 10.2 Å². The average Bonchev–Trinajstić information content (AvgIpc) is 3.24. The Morgan fingerprint density at radius 2 is 1.75 bits per heavy atom. The standard InChI is InChI=1S/C24H22FN5OS/c1-29(2)21-10-6-7-17(15-21)23-27-28-24(30(23)20-8-4-3-5-9-20)32-16-22(31)26-19-13-11-18(25)12-14-19/h3-15H,16H2,1-2H3,(H,26,31). The van der Waals surface area contributed by atoms with Crippen LogP contribution in [0.1, 0.15) is 0 Å². The lowest BCUT2D eigenvalue weighted by Gasteiger charge is -2.14. The predicted octanol–water partition coefficient (Wildman–Crippen LogP) is 4.87. The van der Waals surface area contributed by atoms with Crippen molar-refractivity contribution in [3.63, 3.8) is 0 Å². The molecule has 4 aromatic rings. The fourth-order valence-electron chi connectivity index (χ4n) is 3.14. The molecule has 1 amide bonds. The van der Waals surface area contributed by atoms with E-state index in [9.17, 15) is 9.18 Å². The summed E-state index contributed by atoms with van der Waals surface area (Å²) in [6, 6.07) is 23.5. The fraction of sp³-hybridized carbons (Fsp3) is 0.125. The quantitative estimate of drug-likeness (QED) is 0.410. The number of anilines is 2. The second-order valence-corrected chi connectivity index (χ2v) is 8.21. The van der Waals surface area contributed by atoms with Gasteiger partial charge in [0.25, 0.3) is 0 Å². The van der Waals surface area contributed by atoms with Gasteiger partial charge in [-0.25, -0.2) is 4.39 Å². The topological polar surface area (TPSA) is 63.1 Å². The van der Waals surface area contributed by atoms with Crippen molar-refractivity contribution in [1.29, 1.82) is 0 Å². The van der Waals surface area contributed by atoms with Crippen LogP contribution in [-0.4, -0.2) is 40.5 Å². The van der Waals surface area contributed by atoms with Gasteiger partial charge in [0.05, 0.1) is 5.75 Å². The van der Waals surface area contributed by atoms with E-state index in [0.717, 1.165) is 16.9 Å². The Morgan fingerprint density at radius 1 is 1.00 bits per heavy atom. The molecule has 8 heteroatoms. The highest BCUT2D eigenvalue weighted by atomic mass is 32.2. The summed E-state index contributed by atoms with van der Waals surface area (Å²) in [5, 5.41) is 12.2. The molecular formula is C24H22FN5OS. The molecule has 0 aliphatic rings. The first-order valence-electron chi connectivity index (χ1n) is 9.98. The molecule has 162 valence electrons. The zero-order valence-electron chi connectivity index (χ0n) is 17.7. The van der Waals surface area contributed by atoms with Crippen molar-refractivity contribution in [2.45, 2.75) is 5.16 Å². The summed E-state index contributed by atoms with van der Waals surface area (Å²) in [4.78, 5) is 14.5. The maximum absolute atomic E-state index is 13.1. The molecule has 6 nitrogen and oxygen atoms in total. The van der Waals surface area contributed by atoms with E-state index in [1.54, 1.807) is 0 Å². The minimum Gasteiger partial charge on any atom is -0.378 e. The third-order valence-corrected chi connectivity index (χ3v) is 5.66. The number of nitrogens with zero attached hydrogens (tertiary/aromatic N) is 4. The van der Waals surface area contributed by atoms with Gasteiger partial charge in [-0.15, -0.1) is 10.2 Å². The highest BCUT2D eigenvalue weighted by Gasteiger charge is 2.18. The van der Waals surface area contributed by atoms with E-state index in [4.69, 9.17) is 0 Å². The summed E-state index contributed by atoms with van der Waals surface area (Å²) < 4.78 is 15.0. The lowest BCUT2D eigenvalue weighted by Crippen LogP contribution is -2.14. The van der Waals surface area contributed by atoms with Gasteiger partial charge in [0, 0.05) is 36.7 Å². The number of amides is 1. The molecule has 0 saturated carbocycles. The molecule has 0 bridgehead atoms. The summed E-state index contributed by atoms with van der Waals surface area (Å²) in [5.74, 6) is 0.279. The van der Waals surface area contributed by atoms with Crippen LogP contribution in [0.3, 0.4) is 0 Å². The Morgan fingerprint density at radius 3 is 2.47 bits per heavy atom. The van der Waals surface area contributed by atoms with Gasteiger partial charge in [0.1, 0.15) is 5.82 Å². The zero-order chi connectivity index (χ0) is 22.5. The summed E-state index contributed by atoms with van der Waals surface area (Å²) in [5.41, 5.74) is 3.43. The van der Waals surface area contributed by atoms with E-state index >= 15 is 0 Å². The van der Waals surface area contributed by atoms with Crippen molar-refractivity contribution in [2.75, 3.05) is 30.1 Å². The third-order valence-electron chi connectivity index (χ3n) is 4.73. The van der Waals surface area contributed by atoms with Crippen molar-refractivity contribution in [3.8, 4) is 17.1 Å². The maximum atomic E-state index is 13.1. The van der Waals surface area contributed by atoms with Crippen molar-refractivity contribution >= 4 is 29.0 Å². The van der Waals surface area contributed by atoms with Crippen molar-refractivity contribution in [1.82, 2.24) is 14.8 Å². The van der Waals surface area contributed by atoms with E-state index in [1.165, 1.54) is 36.0 Å². The minimum absolute atomic E-state index is 0.139. The van der Waals surface area contributed by atoms with Crippen molar-refractivity contribution in [3.05, 3.63) is 84.7 Å². The highest BCUT2D eigenvalue weighted by molar-refractivity contribution is 7.99. The Labute approximate surface area is 190 Å². The lowest BCUT2D eigenvalue weighted by atomic mass is 10.1. The van der Waals surface area contributed by atoms with Gasteiger partial charge in [-0.1, -0.05) is 42.1 Å². The van der Waals surface area contributed by atoms with E-state index < -0.39 is 0 Å². The number of para-hydroxylation sites is 1. The molecule has 0 saturated heterocycles. The molecule has 0 spiro atoms. The van der Waals surface area contributed by atoms with Gasteiger partial charge >= 0.3 is 0 Å². The van der Waals surface area contributed by atoms with E-state index in [-0.39, 0.29) is 17.5 Å². The highest BCUT2D eigenvalue weighted by Crippen LogP contribution is 2.29. The first-order valence-corrected chi connectivity index (χ1v) is 11.0. The number of rotatable bonds is 7. The molecule has 3 aromatic carbocycles. The fourth-order valence-corrected chi connectivity index (χ4v) is 3.90. The average molecular weight is 448 g/mol. The predicted molar refractivity (Wildman–Crippen MR) is 127 cm³/mol. The number of nitrogens with one attached hydrogen (secondary N) is 1. The summed E-state index contributed by atoms with van der Waals surface area (Å²) in [6.45, 7) is 0. The number of aromatic nitrogens is 3.